The topological polar surface area (TPSA) is 87.2 Å². The van der Waals surface area contributed by atoms with E-state index in [9.17, 15) is 9.90 Å². The lowest BCUT2D eigenvalue weighted by atomic mass is 9.59. The number of aromatic amines is 1. The molecular formula is C32H34ClN3O3. The van der Waals surface area contributed by atoms with Crippen LogP contribution in [0, 0.1) is 11.8 Å². The summed E-state index contributed by atoms with van der Waals surface area (Å²) in [7, 11) is 0. The maximum atomic E-state index is 12.6. The molecule has 0 radical (unpaired) electrons. The molecule has 6 nitrogen and oxygen atoms in total. The zero-order valence-corrected chi connectivity index (χ0v) is 22.9. The van der Waals surface area contributed by atoms with E-state index in [1.165, 1.54) is 11.1 Å². The lowest BCUT2D eigenvalue weighted by molar-refractivity contribution is -0.144. The van der Waals surface area contributed by atoms with Crippen molar-refractivity contribution in [1.29, 1.82) is 0 Å². The van der Waals surface area contributed by atoms with E-state index in [2.05, 4.69) is 46.5 Å². The Balaban J connectivity index is 1.20. The number of halogens is 1. The number of anilines is 1. The number of hydrogen-bond donors (Lipinski definition) is 3. The van der Waals surface area contributed by atoms with E-state index in [1.54, 1.807) is 18.3 Å². The number of hydrogen-bond acceptors (Lipinski definition) is 4. The molecule has 0 saturated heterocycles. The van der Waals surface area contributed by atoms with Crippen LogP contribution in [0.2, 0.25) is 5.02 Å². The van der Waals surface area contributed by atoms with Crippen molar-refractivity contribution < 1.29 is 14.6 Å². The van der Waals surface area contributed by atoms with Crippen LogP contribution in [0.15, 0.2) is 73.1 Å². The van der Waals surface area contributed by atoms with Crippen molar-refractivity contribution in [2.45, 2.75) is 56.4 Å². The van der Waals surface area contributed by atoms with Crippen LogP contribution >= 0.6 is 11.6 Å². The van der Waals surface area contributed by atoms with Crippen LogP contribution in [0.4, 0.5) is 5.69 Å². The predicted octanol–water partition coefficient (Wildman–Crippen LogP) is 7.24. The Morgan fingerprint density at radius 2 is 1.97 bits per heavy atom. The summed E-state index contributed by atoms with van der Waals surface area (Å²) < 4.78 is 6.28. The van der Waals surface area contributed by atoms with Crippen LogP contribution in [0.5, 0.6) is 5.75 Å². The number of rotatable bonds is 8. The van der Waals surface area contributed by atoms with E-state index >= 15 is 0 Å². The highest BCUT2D eigenvalue weighted by molar-refractivity contribution is 6.30. The number of carboxylic acid groups (broad SMARTS) is 1. The van der Waals surface area contributed by atoms with Gasteiger partial charge < -0.3 is 20.1 Å². The Bertz CT molecular complexity index is 1490. The SMILES string of the molecule is C[C@@H](COc1ccnc2[nH]ccc12)CC1Cc2ccccc2C12CCC(Nc1cccc(Cl)c1)(C(=O)O)CC2. The van der Waals surface area contributed by atoms with Gasteiger partial charge in [0.05, 0.1) is 12.0 Å². The highest BCUT2D eigenvalue weighted by Gasteiger charge is 2.54. The first kappa shape index (κ1) is 25.8. The summed E-state index contributed by atoms with van der Waals surface area (Å²) in [5, 5.41) is 15.3. The second kappa shape index (κ2) is 10.2. The van der Waals surface area contributed by atoms with E-state index in [-0.39, 0.29) is 5.41 Å². The zero-order chi connectivity index (χ0) is 27.0. The van der Waals surface area contributed by atoms with Crippen molar-refractivity contribution in [2.75, 3.05) is 11.9 Å². The van der Waals surface area contributed by atoms with Crippen LogP contribution in [-0.2, 0) is 16.6 Å². The standard InChI is InChI=1S/C32H34ClN3O3/c1-21(20-39-28-10-16-35-29-26(28)9-15-34-29)17-23-18-22-5-2-3-8-27(22)31(23)11-13-32(14-12-31,30(37)38)36-25-7-4-6-24(33)19-25/h2-10,15-16,19,21,23,36H,11-14,17-18,20H2,1H3,(H,34,35)(H,37,38)/t21-,23?,31?,32?/m1/s1. The van der Waals surface area contributed by atoms with Crippen molar-refractivity contribution in [3.63, 3.8) is 0 Å². The molecule has 39 heavy (non-hydrogen) atoms. The molecule has 1 saturated carbocycles. The lowest BCUT2D eigenvalue weighted by Gasteiger charge is -2.47. The second-order valence-electron chi connectivity index (χ2n) is 11.4. The van der Waals surface area contributed by atoms with Gasteiger partial charge in [0.1, 0.15) is 16.9 Å². The van der Waals surface area contributed by atoms with E-state index in [4.69, 9.17) is 16.3 Å². The van der Waals surface area contributed by atoms with Crippen molar-refractivity contribution in [2.24, 2.45) is 11.8 Å². The maximum absolute atomic E-state index is 12.6. The van der Waals surface area contributed by atoms with Crippen LogP contribution in [-0.4, -0.2) is 33.2 Å². The number of ether oxygens (including phenoxy) is 1. The minimum Gasteiger partial charge on any atom is -0.492 e. The molecule has 1 fully saturated rings. The molecule has 2 aliphatic carbocycles. The molecule has 2 heterocycles. The number of nitrogens with one attached hydrogen (secondary N) is 2. The average Bonchev–Trinajstić information content (AvgIpc) is 3.52. The third-order valence-corrected chi connectivity index (χ3v) is 9.28. The molecule has 202 valence electrons. The van der Waals surface area contributed by atoms with Gasteiger partial charge in [-0.25, -0.2) is 9.78 Å². The minimum absolute atomic E-state index is 0.0234. The fourth-order valence-electron chi connectivity index (χ4n) is 7.06. The summed E-state index contributed by atoms with van der Waals surface area (Å²) in [5.41, 5.74) is 3.38. The van der Waals surface area contributed by atoms with Crippen LogP contribution in [0.25, 0.3) is 11.0 Å². The first-order valence-corrected chi connectivity index (χ1v) is 14.2. The first-order valence-electron chi connectivity index (χ1n) is 13.8. The van der Waals surface area contributed by atoms with Gasteiger partial charge in [-0.2, -0.15) is 0 Å². The van der Waals surface area contributed by atoms with E-state index in [0.717, 1.165) is 48.2 Å². The van der Waals surface area contributed by atoms with Crippen molar-refractivity contribution in [1.82, 2.24) is 9.97 Å². The molecule has 0 amide bonds. The van der Waals surface area contributed by atoms with Gasteiger partial charge in [0.15, 0.2) is 0 Å². The minimum atomic E-state index is -1.00. The molecule has 2 atom stereocenters. The molecule has 0 bridgehead atoms. The van der Waals surface area contributed by atoms with Crippen LogP contribution < -0.4 is 10.1 Å². The summed E-state index contributed by atoms with van der Waals surface area (Å²) in [6.07, 6.45) is 8.50. The van der Waals surface area contributed by atoms with Crippen LogP contribution in [0.3, 0.4) is 0 Å². The van der Waals surface area contributed by atoms with Gasteiger partial charge in [-0.05, 0) is 97.2 Å². The molecule has 2 aliphatic rings. The summed E-state index contributed by atoms with van der Waals surface area (Å²) in [6.45, 7) is 2.89. The molecule has 2 aromatic carbocycles. The van der Waals surface area contributed by atoms with Crippen molar-refractivity contribution >= 4 is 34.3 Å². The Morgan fingerprint density at radius 3 is 2.77 bits per heavy atom. The van der Waals surface area contributed by atoms with Gasteiger partial charge in [-0.15, -0.1) is 0 Å². The molecule has 0 aliphatic heterocycles. The summed E-state index contributed by atoms with van der Waals surface area (Å²) in [5.74, 6) is 0.846. The highest BCUT2D eigenvalue weighted by Crippen LogP contribution is 2.56. The maximum Gasteiger partial charge on any atom is 0.329 e. The van der Waals surface area contributed by atoms with Gasteiger partial charge >= 0.3 is 5.97 Å². The van der Waals surface area contributed by atoms with E-state index in [0.29, 0.717) is 36.3 Å². The molecule has 7 heteroatoms. The largest absolute Gasteiger partial charge is 0.492 e. The fourth-order valence-corrected chi connectivity index (χ4v) is 7.25. The predicted molar refractivity (Wildman–Crippen MR) is 155 cm³/mol. The Morgan fingerprint density at radius 1 is 1.15 bits per heavy atom. The number of benzene rings is 2. The summed E-state index contributed by atoms with van der Waals surface area (Å²) in [4.78, 5) is 20.1. The lowest BCUT2D eigenvalue weighted by Crippen LogP contribution is -2.53. The number of carbonyl (C=O) groups is 1. The normalized spacial score (nSPS) is 24.9. The number of pyridine rings is 1. The quantitative estimate of drug-likeness (QED) is 0.218. The van der Waals surface area contributed by atoms with Gasteiger partial charge in [-0.3, -0.25) is 0 Å². The molecule has 6 rings (SSSR count). The van der Waals surface area contributed by atoms with Gasteiger partial charge in [-0.1, -0.05) is 48.9 Å². The number of aliphatic carboxylic acids is 1. The molecule has 1 unspecified atom stereocenters. The Kier molecular flexibility index (Phi) is 6.76. The summed E-state index contributed by atoms with van der Waals surface area (Å²) >= 11 is 6.20. The van der Waals surface area contributed by atoms with Crippen molar-refractivity contribution in [3.8, 4) is 5.75 Å². The van der Waals surface area contributed by atoms with Crippen molar-refractivity contribution in [3.05, 3.63) is 89.2 Å². The monoisotopic (exact) mass is 543 g/mol. The molecule has 4 aromatic rings. The second-order valence-corrected chi connectivity index (χ2v) is 11.9. The van der Waals surface area contributed by atoms with Gasteiger partial charge in [0.25, 0.3) is 0 Å². The van der Waals surface area contributed by atoms with Crippen LogP contribution in [0.1, 0.15) is 50.2 Å². The Hall–Kier alpha value is -3.51. The number of H-pyrrole nitrogens is 1. The number of aromatic nitrogens is 2. The first-order chi connectivity index (χ1) is 18.9. The van der Waals surface area contributed by atoms with E-state index in [1.807, 2.05) is 30.5 Å². The third kappa shape index (κ3) is 4.76. The highest BCUT2D eigenvalue weighted by atomic mass is 35.5. The third-order valence-electron chi connectivity index (χ3n) is 9.05. The molecule has 2 aromatic heterocycles. The van der Waals surface area contributed by atoms with E-state index < -0.39 is 11.5 Å². The molecule has 1 spiro atoms. The van der Waals surface area contributed by atoms with Gasteiger partial charge in [0, 0.05) is 23.1 Å². The average molecular weight is 544 g/mol. The molecule has 3 N–H and O–H groups in total. The molecular weight excluding hydrogens is 510 g/mol. The number of fused-ring (bicyclic) bond motifs is 3. The number of carboxylic acids is 1. The smallest absolute Gasteiger partial charge is 0.329 e. The Labute approximate surface area is 233 Å². The zero-order valence-electron chi connectivity index (χ0n) is 22.1. The van der Waals surface area contributed by atoms with Gasteiger partial charge in [0.2, 0.25) is 0 Å². The number of nitrogens with zero attached hydrogens (tertiary/aromatic N) is 1. The fraction of sp³-hybridized carbons (Fsp3) is 0.375. The summed E-state index contributed by atoms with van der Waals surface area (Å²) in [6, 6.07) is 20.0.